The lowest BCUT2D eigenvalue weighted by molar-refractivity contribution is -0.128. The summed E-state index contributed by atoms with van der Waals surface area (Å²) in [6, 6.07) is 0.0226. The molecule has 0 aromatic carbocycles. The largest absolute Gasteiger partial charge is 0.354 e. The maximum absolute atomic E-state index is 11.7. The number of unbranched alkanes of at least 4 members (excludes halogenated alkanes) is 2. The summed E-state index contributed by atoms with van der Waals surface area (Å²) in [5.74, 6) is -0.0689. The number of nitrogens with zero attached hydrogens (tertiary/aromatic N) is 4. The molecular weight excluding hydrogens is 546 g/mol. The van der Waals surface area contributed by atoms with Gasteiger partial charge in [-0.1, -0.05) is 0 Å². The van der Waals surface area contributed by atoms with Gasteiger partial charge in [0.25, 0.3) is 0 Å². The Hall–Kier alpha value is -3.78. The highest BCUT2D eigenvalue weighted by Crippen LogP contribution is 2.08. The number of nitrogens with one attached hydrogen (secondary N) is 5. The lowest BCUT2D eigenvalue weighted by Crippen LogP contribution is -2.37. The molecule has 0 unspecified atom stereocenters. The second kappa shape index (κ2) is 17.9. The molecule has 0 atom stereocenters. The summed E-state index contributed by atoms with van der Waals surface area (Å²) in [6.45, 7) is 8.86. The molecule has 0 spiro atoms. The van der Waals surface area contributed by atoms with Crippen LogP contribution in [-0.4, -0.2) is 140 Å². The van der Waals surface area contributed by atoms with Crippen molar-refractivity contribution in [2.75, 3.05) is 85.1 Å². The quantitative estimate of drug-likeness (QED) is 0.147. The van der Waals surface area contributed by atoms with Crippen molar-refractivity contribution in [3.63, 3.8) is 0 Å². The minimum Gasteiger partial charge on any atom is -0.354 e. The van der Waals surface area contributed by atoms with Gasteiger partial charge in [0.15, 0.2) is 0 Å². The van der Waals surface area contributed by atoms with E-state index in [0.717, 1.165) is 71.5 Å². The molecule has 0 radical (unpaired) electrons. The molecular formula is C27H47N9O6. The van der Waals surface area contributed by atoms with Crippen molar-refractivity contribution < 1.29 is 28.8 Å². The van der Waals surface area contributed by atoms with Gasteiger partial charge < -0.3 is 46.2 Å². The first-order chi connectivity index (χ1) is 20.3. The average Bonchev–Trinajstić information content (AvgIpc) is 3.76. The first-order valence-corrected chi connectivity index (χ1v) is 15.2. The van der Waals surface area contributed by atoms with Crippen LogP contribution in [0.5, 0.6) is 0 Å². The number of amides is 9. The molecule has 4 fully saturated rings. The van der Waals surface area contributed by atoms with Gasteiger partial charge in [-0.3, -0.25) is 14.4 Å². The Bertz CT molecular complexity index is 877. The first kappa shape index (κ1) is 32.7. The SMILES string of the molecule is O=C(CCCC(=O)NCCN1CCNC1=O)NCCN1CCCC1=O.O=C1NCCN1CCCCCN1CCNC1=O. The normalized spacial score (nSPS) is 18.1. The van der Waals surface area contributed by atoms with Gasteiger partial charge in [0, 0.05) is 104 Å². The molecule has 4 rings (SSSR count). The molecule has 4 heterocycles. The van der Waals surface area contributed by atoms with Gasteiger partial charge in [0.1, 0.15) is 0 Å². The zero-order valence-corrected chi connectivity index (χ0v) is 24.6. The van der Waals surface area contributed by atoms with E-state index in [-0.39, 0.29) is 48.7 Å². The summed E-state index contributed by atoms with van der Waals surface area (Å²) in [6.07, 6.45) is 5.64. The summed E-state index contributed by atoms with van der Waals surface area (Å²) in [4.78, 5) is 75.8. The van der Waals surface area contributed by atoms with Crippen LogP contribution in [0.2, 0.25) is 0 Å². The summed E-state index contributed by atoms with van der Waals surface area (Å²) in [7, 11) is 0. The van der Waals surface area contributed by atoms with Crippen molar-refractivity contribution in [1.82, 2.24) is 46.2 Å². The van der Waals surface area contributed by atoms with E-state index in [9.17, 15) is 28.8 Å². The molecule has 15 heteroatoms. The predicted molar refractivity (Wildman–Crippen MR) is 154 cm³/mol. The Morgan fingerprint density at radius 3 is 1.43 bits per heavy atom. The van der Waals surface area contributed by atoms with Crippen molar-refractivity contribution in [3.8, 4) is 0 Å². The third-order valence-corrected chi connectivity index (χ3v) is 7.58. The predicted octanol–water partition coefficient (Wildman–Crippen LogP) is -0.756. The highest BCUT2D eigenvalue weighted by Gasteiger charge is 2.21. The number of carbonyl (C=O) groups excluding carboxylic acids is 6. The highest BCUT2D eigenvalue weighted by atomic mass is 16.2. The van der Waals surface area contributed by atoms with Crippen LogP contribution in [0.25, 0.3) is 0 Å². The summed E-state index contributed by atoms with van der Waals surface area (Å²) < 4.78 is 0. The Labute approximate surface area is 247 Å². The zero-order valence-electron chi connectivity index (χ0n) is 24.6. The first-order valence-electron chi connectivity index (χ1n) is 15.2. The number of carbonyl (C=O) groups is 6. The van der Waals surface area contributed by atoms with E-state index < -0.39 is 0 Å². The number of hydrogen-bond acceptors (Lipinski definition) is 6. The Balaban J connectivity index is 0.000000247. The van der Waals surface area contributed by atoms with E-state index in [1.54, 1.807) is 9.80 Å². The van der Waals surface area contributed by atoms with E-state index in [2.05, 4.69) is 26.6 Å². The molecule has 4 saturated heterocycles. The molecule has 0 aliphatic carbocycles. The fourth-order valence-corrected chi connectivity index (χ4v) is 5.14. The van der Waals surface area contributed by atoms with E-state index >= 15 is 0 Å². The molecule has 4 aliphatic rings. The number of rotatable bonds is 16. The van der Waals surface area contributed by atoms with Crippen LogP contribution in [0.3, 0.4) is 0 Å². The molecule has 0 bridgehead atoms. The van der Waals surface area contributed by atoms with Gasteiger partial charge >= 0.3 is 18.1 Å². The Morgan fingerprint density at radius 2 is 1.02 bits per heavy atom. The van der Waals surface area contributed by atoms with Gasteiger partial charge in [0.2, 0.25) is 17.7 Å². The zero-order chi connectivity index (χ0) is 30.2. The van der Waals surface area contributed by atoms with Crippen LogP contribution in [-0.2, 0) is 14.4 Å². The van der Waals surface area contributed by atoms with Crippen molar-refractivity contribution in [2.45, 2.75) is 51.4 Å². The summed E-state index contributed by atoms with van der Waals surface area (Å²) in [5.41, 5.74) is 0. The van der Waals surface area contributed by atoms with Crippen molar-refractivity contribution in [3.05, 3.63) is 0 Å². The molecule has 5 N–H and O–H groups in total. The monoisotopic (exact) mass is 593 g/mol. The second-order valence-corrected chi connectivity index (χ2v) is 10.8. The lowest BCUT2D eigenvalue weighted by Gasteiger charge is -2.15. The highest BCUT2D eigenvalue weighted by molar-refractivity contribution is 5.80. The molecule has 236 valence electrons. The molecule has 4 aliphatic heterocycles. The molecule has 42 heavy (non-hydrogen) atoms. The standard InChI is InChI=1S/C16H27N5O4.C11H20N4O2/c22-13(17-6-10-20-9-2-5-15(20)24)3-1-4-14(23)18-7-11-21-12-8-19-16(21)25;16-10-12-4-8-14(10)6-2-1-3-7-15-9-5-13-11(15)17/h1-12H2,(H,17,22)(H,18,23)(H,19,25);1-9H2,(H,12,16)(H,13,17). The molecule has 0 aromatic heterocycles. The van der Waals surface area contributed by atoms with Crippen LogP contribution in [0, 0.1) is 0 Å². The average molecular weight is 594 g/mol. The Morgan fingerprint density at radius 1 is 0.571 bits per heavy atom. The van der Waals surface area contributed by atoms with Crippen molar-refractivity contribution in [2.24, 2.45) is 0 Å². The van der Waals surface area contributed by atoms with Crippen LogP contribution in [0.15, 0.2) is 0 Å². The van der Waals surface area contributed by atoms with Crippen molar-refractivity contribution in [1.29, 1.82) is 0 Å². The van der Waals surface area contributed by atoms with Gasteiger partial charge in [-0.25, -0.2) is 14.4 Å². The van der Waals surface area contributed by atoms with Crippen LogP contribution < -0.4 is 26.6 Å². The van der Waals surface area contributed by atoms with Gasteiger partial charge in [-0.05, 0) is 32.1 Å². The summed E-state index contributed by atoms with van der Waals surface area (Å²) in [5, 5.41) is 13.8. The minimum absolute atomic E-state index is 0.0592. The smallest absolute Gasteiger partial charge is 0.317 e. The van der Waals surface area contributed by atoms with Crippen molar-refractivity contribution >= 4 is 35.8 Å². The van der Waals surface area contributed by atoms with E-state index in [0.29, 0.717) is 52.1 Å². The van der Waals surface area contributed by atoms with Crippen LogP contribution in [0.4, 0.5) is 14.4 Å². The van der Waals surface area contributed by atoms with Crippen LogP contribution in [0.1, 0.15) is 51.4 Å². The molecule has 0 saturated carbocycles. The van der Waals surface area contributed by atoms with E-state index in [1.165, 1.54) is 0 Å². The fraction of sp³-hybridized carbons (Fsp3) is 0.778. The number of urea groups is 3. The third-order valence-electron chi connectivity index (χ3n) is 7.58. The maximum Gasteiger partial charge on any atom is 0.317 e. The third kappa shape index (κ3) is 11.6. The molecule has 0 aromatic rings. The number of likely N-dealkylation sites (tertiary alicyclic amines) is 1. The molecule has 9 amide bonds. The number of hydrogen-bond donors (Lipinski definition) is 5. The van der Waals surface area contributed by atoms with Crippen LogP contribution >= 0.6 is 0 Å². The van der Waals surface area contributed by atoms with E-state index in [1.807, 2.05) is 9.80 Å². The second-order valence-electron chi connectivity index (χ2n) is 10.8. The maximum atomic E-state index is 11.7. The van der Waals surface area contributed by atoms with E-state index in [4.69, 9.17) is 0 Å². The van der Waals surface area contributed by atoms with Gasteiger partial charge in [-0.2, -0.15) is 0 Å². The fourth-order valence-electron chi connectivity index (χ4n) is 5.14. The topological polar surface area (TPSA) is 176 Å². The van der Waals surface area contributed by atoms with Gasteiger partial charge in [-0.15, -0.1) is 0 Å². The van der Waals surface area contributed by atoms with Gasteiger partial charge in [0.05, 0.1) is 0 Å². The summed E-state index contributed by atoms with van der Waals surface area (Å²) >= 11 is 0. The molecule has 15 nitrogen and oxygen atoms in total. The minimum atomic E-state index is -0.116. The lowest BCUT2D eigenvalue weighted by atomic mass is 10.2. The Kier molecular flexibility index (Phi) is 14.0.